The lowest BCUT2D eigenvalue weighted by Gasteiger charge is -2.00. The number of carbonyl (C=O) groups excluding carboxylic acids is 1. The minimum absolute atomic E-state index is 0.0102. The maximum atomic E-state index is 11.6. The van der Waals surface area contributed by atoms with Crippen LogP contribution in [-0.2, 0) is 4.79 Å². The Labute approximate surface area is 88.5 Å². The highest BCUT2D eigenvalue weighted by Gasteiger charge is 2.28. The average Bonchev–Trinajstić information content (AvgIpc) is 2.56. The maximum Gasteiger partial charge on any atom is 0.237 e. The number of nitrogens with zero attached hydrogens (tertiary/aromatic N) is 1. The van der Waals surface area contributed by atoms with Crippen LogP contribution in [0.3, 0.4) is 0 Å². The first-order valence-corrected chi connectivity index (χ1v) is 4.83. The van der Waals surface area contributed by atoms with Crippen LogP contribution in [-0.4, -0.2) is 18.7 Å². The van der Waals surface area contributed by atoms with Gasteiger partial charge in [0.25, 0.3) is 0 Å². The van der Waals surface area contributed by atoms with Gasteiger partial charge in [-0.05, 0) is 11.6 Å². The molecule has 0 saturated carbocycles. The van der Waals surface area contributed by atoms with E-state index in [0.717, 1.165) is 11.3 Å². The van der Waals surface area contributed by atoms with Crippen LogP contribution in [0.1, 0.15) is 11.5 Å². The van der Waals surface area contributed by atoms with Crippen molar-refractivity contribution in [1.29, 1.82) is 0 Å². The Bertz CT molecular complexity index is 423. The number of rotatable bonds is 3. The molecule has 0 radical (unpaired) electrons. The fraction of sp³-hybridized carbons (Fsp3) is 0.167. The summed E-state index contributed by atoms with van der Waals surface area (Å²) in [5.74, 6) is -0.259. The number of carbonyl (C=O) groups is 1. The van der Waals surface area contributed by atoms with Crippen molar-refractivity contribution in [3.63, 3.8) is 0 Å². The number of para-hydroxylation sites is 1. The average molecular weight is 200 g/mol. The van der Waals surface area contributed by atoms with Crippen LogP contribution in [0.15, 0.2) is 41.9 Å². The van der Waals surface area contributed by atoms with E-state index in [9.17, 15) is 4.79 Å². The maximum absolute atomic E-state index is 11.6. The van der Waals surface area contributed by atoms with Gasteiger partial charge in [-0.2, -0.15) is 0 Å². The molecule has 1 aromatic carbocycles. The summed E-state index contributed by atoms with van der Waals surface area (Å²) < 4.78 is 0. The smallest absolute Gasteiger partial charge is 0.237 e. The zero-order valence-corrected chi connectivity index (χ0v) is 8.31. The van der Waals surface area contributed by atoms with Crippen molar-refractivity contribution >= 4 is 17.8 Å². The van der Waals surface area contributed by atoms with Crippen molar-refractivity contribution in [2.45, 2.75) is 5.92 Å². The molecule has 3 nitrogen and oxygen atoms in total. The fourth-order valence-corrected chi connectivity index (χ4v) is 1.62. The van der Waals surface area contributed by atoms with Gasteiger partial charge in [-0.25, -0.2) is 0 Å². The van der Waals surface area contributed by atoms with E-state index in [1.807, 2.05) is 24.3 Å². The van der Waals surface area contributed by atoms with Crippen molar-refractivity contribution < 1.29 is 4.79 Å². The Morgan fingerprint density at radius 3 is 3.07 bits per heavy atom. The summed E-state index contributed by atoms with van der Waals surface area (Å²) in [6.45, 7) is 4.12. The van der Waals surface area contributed by atoms with Crippen molar-refractivity contribution in [2.75, 3.05) is 11.9 Å². The van der Waals surface area contributed by atoms with Gasteiger partial charge in [-0.15, -0.1) is 6.58 Å². The largest absolute Gasteiger partial charge is 0.325 e. The molecule has 0 saturated heterocycles. The molecule has 0 bridgehead atoms. The molecule has 0 fully saturated rings. The van der Waals surface area contributed by atoms with E-state index in [1.54, 1.807) is 12.3 Å². The predicted octanol–water partition coefficient (Wildman–Crippen LogP) is 1.98. The standard InChI is InChI=1S/C12H12N2O/c1-2-7-13-8-10-9-5-3-4-6-11(9)14-12(10)15/h2-6,8,10H,1,7H2,(H,14,15). The lowest BCUT2D eigenvalue weighted by molar-refractivity contribution is -0.115. The Hall–Kier alpha value is -1.90. The SMILES string of the molecule is C=CCN=CC1C(=O)Nc2ccccc21. The molecule has 2 rings (SSSR count). The van der Waals surface area contributed by atoms with Gasteiger partial charge in [0.2, 0.25) is 5.91 Å². The van der Waals surface area contributed by atoms with Crippen molar-refractivity contribution in [3.8, 4) is 0 Å². The van der Waals surface area contributed by atoms with Crippen LogP contribution < -0.4 is 5.32 Å². The number of amides is 1. The first-order valence-electron chi connectivity index (χ1n) is 4.83. The number of anilines is 1. The predicted molar refractivity (Wildman–Crippen MR) is 61.4 cm³/mol. The minimum Gasteiger partial charge on any atom is -0.325 e. The van der Waals surface area contributed by atoms with Gasteiger partial charge in [0.1, 0.15) is 5.92 Å². The summed E-state index contributed by atoms with van der Waals surface area (Å²) in [5.41, 5.74) is 1.88. The number of hydrogen-bond acceptors (Lipinski definition) is 2. The Morgan fingerprint density at radius 2 is 2.27 bits per heavy atom. The van der Waals surface area contributed by atoms with Crippen LogP contribution in [0, 0.1) is 0 Å². The van der Waals surface area contributed by atoms with Crippen LogP contribution in [0.2, 0.25) is 0 Å². The van der Waals surface area contributed by atoms with Gasteiger partial charge in [-0.1, -0.05) is 24.3 Å². The van der Waals surface area contributed by atoms with Crippen molar-refractivity contribution in [3.05, 3.63) is 42.5 Å². The zero-order chi connectivity index (χ0) is 10.7. The Balaban J connectivity index is 2.26. The molecular formula is C12H12N2O. The van der Waals surface area contributed by atoms with E-state index in [-0.39, 0.29) is 11.8 Å². The van der Waals surface area contributed by atoms with E-state index in [4.69, 9.17) is 0 Å². The molecule has 1 heterocycles. The molecule has 3 heteroatoms. The van der Waals surface area contributed by atoms with Crippen molar-refractivity contribution in [2.24, 2.45) is 4.99 Å². The second kappa shape index (κ2) is 4.09. The summed E-state index contributed by atoms with van der Waals surface area (Å²) >= 11 is 0. The summed E-state index contributed by atoms with van der Waals surface area (Å²) in [6, 6.07) is 7.67. The molecule has 15 heavy (non-hydrogen) atoms. The first-order chi connectivity index (χ1) is 7.33. The number of aliphatic imine (C=N–C) groups is 1. The summed E-state index contributed by atoms with van der Waals surface area (Å²) in [5, 5.41) is 2.82. The molecule has 1 aliphatic heterocycles. The second-order valence-electron chi connectivity index (χ2n) is 3.36. The Morgan fingerprint density at radius 1 is 1.47 bits per heavy atom. The number of fused-ring (bicyclic) bond motifs is 1. The molecule has 0 aliphatic carbocycles. The third-order valence-corrected chi connectivity index (χ3v) is 2.33. The molecule has 0 spiro atoms. The van der Waals surface area contributed by atoms with Gasteiger partial charge in [0.05, 0.1) is 6.54 Å². The lowest BCUT2D eigenvalue weighted by atomic mass is 10.0. The molecule has 1 aliphatic rings. The van der Waals surface area contributed by atoms with Gasteiger partial charge in [0.15, 0.2) is 0 Å². The second-order valence-corrected chi connectivity index (χ2v) is 3.36. The highest BCUT2D eigenvalue weighted by Crippen LogP contribution is 2.30. The topological polar surface area (TPSA) is 41.5 Å². The minimum atomic E-state index is -0.249. The molecule has 76 valence electrons. The molecule has 1 N–H and O–H groups in total. The number of benzene rings is 1. The van der Waals surface area contributed by atoms with Crippen LogP contribution in [0.25, 0.3) is 0 Å². The quantitative estimate of drug-likeness (QED) is 0.588. The van der Waals surface area contributed by atoms with Gasteiger partial charge >= 0.3 is 0 Å². The summed E-state index contributed by atoms with van der Waals surface area (Å²) in [4.78, 5) is 15.7. The highest BCUT2D eigenvalue weighted by molar-refractivity contribution is 6.12. The monoisotopic (exact) mass is 200 g/mol. The molecular weight excluding hydrogens is 188 g/mol. The van der Waals surface area contributed by atoms with E-state index in [0.29, 0.717) is 6.54 Å². The molecule has 1 aromatic rings. The van der Waals surface area contributed by atoms with Gasteiger partial charge in [-0.3, -0.25) is 9.79 Å². The van der Waals surface area contributed by atoms with E-state index in [1.165, 1.54) is 0 Å². The molecule has 0 aromatic heterocycles. The van der Waals surface area contributed by atoms with Crippen LogP contribution >= 0.6 is 0 Å². The zero-order valence-electron chi connectivity index (χ0n) is 8.31. The normalized spacial score (nSPS) is 18.9. The lowest BCUT2D eigenvalue weighted by Crippen LogP contribution is -2.13. The summed E-state index contributed by atoms with van der Waals surface area (Å²) in [6.07, 6.45) is 3.39. The molecule has 1 unspecified atom stereocenters. The third kappa shape index (κ3) is 1.81. The Kier molecular flexibility index (Phi) is 2.63. The first kappa shape index (κ1) is 9.65. The molecule has 1 amide bonds. The summed E-state index contributed by atoms with van der Waals surface area (Å²) in [7, 11) is 0. The third-order valence-electron chi connectivity index (χ3n) is 2.33. The van der Waals surface area contributed by atoms with E-state index in [2.05, 4.69) is 16.9 Å². The van der Waals surface area contributed by atoms with E-state index < -0.39 is 0 Å². The molecule has 1 atom stereocenters. The van der Waals surface area contributed by atoms with Gasteiger partial charge < -0.3 is 5.32 Å². The number of nitrogens with one attached hydrogen (secondary N) is 1. The van der Waals surface area contributed by atoms with Gasteiger partial charge in [0, 0.05) is 11.9 Å². The fourth-order valence-electron chi connectivity index (χ4n) is 1.62. The number of hydrogen-bond donors (Lipinski definition) is 1. The van der Waals surface area contributed by atoms with Crippen LogP contribution in [0.4, 0.5) is 5.69 Å². The van der Waals surface area contributed by atoms with Crippen molar-refractivity contribution in [1.82, 2.24) is 0 Å². The van der Waals surface area contributed by atoms with E-state index >= 15 is 0 Å². The van der Waals surface area contributed by atoms with Crippen LogP contribution in [0.5, 0.6) is 0 Å². The highest BCUT2D eigenvalue weighted by atomic mass is 16.2.